The van der Waals surface area contributed by atoms with Crippen molar-refractivity contribution in [1.29, 1.82) is 0 Å². The first-order valence-electron chi connectivity index (χ1n) is 18.6. The smallest absolute Gasteiger partial charge is 0.263 e. The number of aromatic nitrogens is 6. The molecule has 1 unspecified atom stereocenters. The van der Waals surface area contributed by atoms with Gasteiger partial charge in [-0.15, -0.1) is 0 Å². The molecule has 4 aliphatic rings. The topological polar surface area (TPSA) is 189 Å². The minimum atomic E-state index is -1.49. The van der Waals surface area contributed by atoms with Crippen molar-refractivity contribution in [3.05, 3.63) is 71.9 Å². The lowest BCUT2D eigenvalue weighted by atomic mass is 9.93. The molecule has 1 atom stereocenters. The summed E-state index contributed by atoms with van der Waals surface area (Å²) in [6, 6.07) is 5.93. The Bertz CT molecular complexity index is 2450. The Hall–Kier alpha value is -6.30. The van der Waals surface area contributed by atoms with Crippen molar-refractivity contribution < 1.29 is 33.1 Å². The van der Waals surface area contributed by atoms with Crippen LogP contribution in [0, 0.1) is 0 Å². The number of hydrogen-bond donors (Lipinski definition) is 2. The number of amides is 5. The van der Waals surface area contributed by atoms with Crippen molar-refractivity contribution in [2.24, 2.45) is 0 Å². The number of alkyl halides is 1. The minimum absolute atomic E-state index is 0.0287. The number of hydrogen-bond acceptors (Lipinski definition) is 12. The lowest BCUT2D eigenvalue weighted by Crippen LogP contribution is -2.64. The fourth-order valence-electron chi connectivity index (χ4n) is 8.06. The van der Waals surface area contributed by atoms with Crippen LogP contribution in [0.1, 0.15) is 76.6 Å². The summed E-state index contributed by atoms with van der Waals surface area (Å²) < 4.78 is 25.6. The fourth-order valence-corrected chi connectivity index (χ4v) is 8.06. The second-order valence-corrected chi connectivity index (χ2v) is 15.1. The molecule has 9 rings (SSSR count). The highest BCUT2D eigenvalue weighted by Gasteiger charge is 2.48. The van der Waals surface area contributed by atoms with E-state index in [0.29, 0.717) is 41.6 Å². The second-order valence-electron chi connectivity index (χ2n) is 15.1. The number of ether oxygens (including phenoxy) is 1. The van der Waals surface area contributed by atoms with Crippen LogP contribution in [0.2, 0.25) is 0 Å². The van der Waals surface area contributed by atoms with Crippen molar-refractivity contribution in [3.63, 3.8) is 0 Å². The third-order valence-corrected chi connectivity index (χ3v) is 10.8. The van der Waals surface area contributed by atoms with Gasteiger partial charge in [-0.1, -0.05) is 0 Å². The molecule has 56 heavy (non-hydrogen) atoms. The minimum Gasteiger partial charge on any atom is -0.489 e. The second kappa shape index (κ2) is 13.5. The number of halogens is 1. The molecule has 0 spiro atoms. The Balaban J connectivity index is 0.822. The maximum Gasteiger partial charge on any atom is 0.263 e. The molecule has 4 aromatic heterocycles. The average Bonchev–Trinajstić information content (AvgIpc) is 3.85. The summed E-state index contributed by atoms with van der Waals surface area (Å²) in [6.45, 7) is 5.57. The van der Waals surface area contributed by atoms with Crippen molar-refractivity contribution in [2.75, 3.05) is 42.9 Å². The lowest BCUT2D eigenvalue weighted by Gasteiger charge is -2.48. The number of imide groups is 2. The van der Waals surface area contributed by atoms with Gasteiger partial charge in [-0.05, 0) is 51.3 Å². The third-order valence-electron chi connectivity index (χ3n) is 10.8. The Labute approximate surface area is 318 Å². The van der Waals surface area contributed by atoms with E-state index < -0.39 is 35.3 Å². The van der Waals surface area contributed by atoms with Gasteiger partial charge in [-0.25, -0.2) is 18.9 Å². The summed E-state index contributed by atoms with van der Waals surface area (Å²) in [5.74, 6) is -1.87. The van der Waals surface area contributed by atoms with Crippen molar-refractivity contribution in [1.82, 2.24) is 44.5 Å². The van der Waals surface area contributed by atoms with Crippen molar-refractivity contribution in [3.8, 4) is 5.75 Å². The largest absolute Gasteiger partial charge is 0.489 e. The van der Waals surface area contributed by atoms with E-state index in [-0.39, 0.29) is 61.7 Å². The van der Waals surface area contributed by atoms with Crippen LogP contribution in [-0.2, 0) is 9.59 Å². The van der Waals surface area contributed by atoms with Gasteiger partial charge in [0.25, 0.3) is 17.7 Å². The van der Waals surface area contributed by atoms with Crippen LogP contribution in [0.25, 0.3) is 16.6 Å². The number of benzene rings is 1. The number of likely N-dealkylation sites (tertiary alicyclic amines) is 1. The van der Waals surface area contributed by atoms with E-state index in [1.165, 1.54) is 23.0 Å². The van der Waals surface area contributed by atoms with Gasteiger partial charge in [0.1, 0.15) is 23.2 Å². The summed E-state index contributed by atoms with van der Waals surface area (Å²) in [5.41, 5.74) is 0.720. The molecule has 8 heterocycles. The predicted octanol–water partition coefficient (Wildman–Crippen LogP) is 2.78. The first-order chi connectivity index (χ1) is 26.9. The first-order valence-corrected chi connectivity index (χ1v) is 18.6. The highest BCUT2D eigenvalue weighted by Crippen LogP contribution is 2.37. The molecule has 5 aromatic rings. The Kier molecular flexibility index (Phi) is 8.52. The highest BCUT2D eigenvalue weighted by molar-refractivity contribution is 6.23. The molecule has 2 N–H and O–H groups in total. The van der Waals surface area contributed by atoms with E-state index in [2.05, 4.69) is 30.6 Å². The van der Waals surface area contributed by atoms with Gasteiger partial charge in [0.05, 0.1) is 53.8 Å². The average molecular weight is 764 g/mol. The van der Waals surface area contributed by atoms with Gasteiger partial charge < -0.3 is 15.0 Å². The van der Waals surface area contributed by atoms with Gasteiger partial charge in [0.15, 0.2) is 11.3 Å². The number of anilines is 2. The molecule has 4 aliphatic heterocycles. The predicted molar refractivity (Wildman–Crippen MR) is 198 cm³/mol. The molecule has 0 radical (unpaired) electrons. The summed E-state index contributed by atoms with van der Waals surface area (Å²) in [6.07, 6.45) is 9.55. The van der Waals surface area contributed by atoms with Crippen LogP contribution < -0.4 is 20.3 Å². The van der Waals surface area contributed by atoms with Gasteiger partial charge in [0.2, 0.25) is 11.8 Å². The van der Waals surface area contributed by atoms with Crippen molar-refractivity contribution >= 4 is 57.6 Å². The monoisotopic (exact) mass is 763 g/mol. The maximum atomic E-state index is 16.0. The normalized spacial score (nSPS) is 20.2. The van der Waals surface area contributed by atoms with Gasteiger partial charge >= 0.3 is 0 Å². The molecule has 288 valence electrons. The highest BCUT2D eigenvalue weighted by atomic mass is 19.1. The molecule has 0 saturated carbocycles. The molecule has 18 heteroatoms. The van der Waals surface area contributed by atoms with Crippen LogP contribution in [0.3, 0.4) is 0 Å². The van der Waals surface area contributed by atoms with E-state index >= 15 is 4.39 Å². The zero-order chi connectivity index (χ0) is 38.9. The van der Waals surface area contributed by atoms with Gasteiger partial charge in [-0.3, -0.25) is 43.8 Å². The molecular formula is C38H38FN11O6. The van der Waals surface area contributed by atoms with Crippen molar-refractivity contribution in [2.45, 2.75) is 63.4 Å². The molecule has 3 saturated heterocycles. The number of nitrogens with zero attached hydrogens (tertiary/aromatic N) is 9. The van der Waals surface area contributed by atoms with E-state index in [1.54, 1.807) is 23.4 Å². The quantitative estimate of drug-likeness (QED) is 0.209. The van der Waals surface area contributed by atoms with E-state index in [9.17, 15) is 24.0 Å². The maximum absolute atomic E-state index is 16.0. The van der Waals surface area contributed by atoms with Gasteiger partial charge in [-0.2, -0.15) is 10.2 Å². The number of piperidine rings is 2. The molecule has 1 aromatic carbocycles. The zero-order valence-electron chi connectivity index (χ0n) is 30.6. The number of nitrogens with one attached hydrogen (secondary N) is 2. The molecule has 0 aliphatic carbocycles. The molecule has 5 amide bonds. The summed E-state index contributed by atoms with van der Waals surface area (Å²) in [7, 11) is 0. The SMILES string of the molecule is CC(C)Oc1cc2nn(C3CCN(CC4(F)CN(c5cc6c(cn5)C(=O)N(C5CCC(=O)NC5=O)C6=O)C4)CC3)cc2cc1NC(=O)c1cnn2cccnc12. The molecule has 17 nitrogen and oxygen atoms in total. The van der Waals surface area contributed by atoms with Crippen LogP contribution in [0.5, 0.6) is 5.75 Å². The van der Waals surface area contributed by atoms with Crippen LogP contribution >= 0.6 is 0 Å². The number of fused-ring (bicyclic) bond motifs is 3. The van der Waals surface area contributed by atoms with Gasteiger partial charge in [0, 0.05) is 62.3 Å². The standard InChI is InChI=1S/C38H38FN11O6/c1-21(2)56-30-14-27-22(12-28(30)43-34(52)26-16-42-48-9-3-8-40-33(26)48)17-49(45-27)23-6-10-46(11-7-23)18-38(39)19-47(20-38)31-13-24-25(15-41-31)37(55)50(36(24)54)29-4-5-32(51)44-35(29)53/h3,8-9,12-17,21,23,29H,4-7,10-11,18-20H2,1-2H3,(H,43,52)(H,44,51,53). The summed E-state index contributed by atoms with van der Waals surface area (Å²) in [5, 5.41) is 15.1. The molecule has 0 bridgehead atoms. The van der Waals surface area contributed by atoms with E-state index in [0.717, 1.165) is 28.6 Å². The Morgan fingerprint density at radius 1 is 1.04 bits per heavy atom. The van der Waals surface area contributed by atoms with Crippen LogP contribution in [0.4, 0.5) is 15.9 Å². The zero-order valence-corrected chi connectivity index (χ0v) is 30.6. The van der Waals surface area contributed by atoms with E-state index in [1.807, 2.05) is 36.9 Å². The Morgan fingerprint density at radius 2 is 1.82 bits per heavy atom. The van der Waals surface area contributed by atoms with Crippen LogP contribution in [0.15, 0.2) is 55.2 Å². The number of carbonyl (C=O) groups excluding carboxylic acids is 5. The van der Waals surface area contributed by atoms with E-state index in [4.69, 9.17) is 9.84 Å². The van der Waals surface area contributed by atoms with Crippen LogP contribution in [-0.4, -0.2) is 119 Å². The Morgan fingerprint density at radius 3 is 2.59 bits per heavy atom. The lowest BCUT2D eigenvalue weighted by molar-refractivity contribution is -0.136. The molecular weight excluding hydrogens is 725 g/mol. The first kappa shape index (κ1) is 35.4. The number of rotatable bonds is 9. The fraction of sp³-hybridized carbons (Fsp3) is 0.395. The number of carbonyl (C=O) groups is 5. The summed E-state index contributed by atoms with van der Waals surface area (Å²) >= 11 is 0. The molecule has 3 fully saturated rings. The summed E-state index contributed by atoms with van der Waals surface area (Å²) in [4.78, 5) is 77.0. The number of pyridine rings is 1. The third kappa shape index (κ3) is 6.28.